The lowest BCUT2D eigenvalue weighted by Crippen LogP contribution is -2.23. The van der Waals surface area contributed by atoms with Gasteiger partial charge in [0.15, 0.2) is 5.76 Å². The van der Waals surface area contributed by atoms with Crippen molar-refractivity contribution in [1.29, 1.82) is 0 Å². The summed E-state index contributed by atoms with van der Waals surface area (Å²) in [6, 6.07) is 21.1. The smallest absolute Gasteiger partial charge is 0.255 e. The van der Waals surface area contributed by atoms with E-state index in [1.165, 1.54) is 7.11 Å². The summed E-state index contributed by atoms with van der Waals surface area (Å²) in [5.41, 5.74) is 1.99. The van der Waals surface area contributed by atoms with Crippen molar-refractivity contribution in [2.45, 2.75) is 6.54 Å². The molecule has 4 aromatic rings. The van der Waals surface area contributed by atoms with E-state index in [-0.39, 0.29) is 12.5 Å². The molecule has 1 amide bonds. The van der Waals surface area contributed by atoms with Crippen LogP contribution in [0.5, 0.6) is 11.5 Å². The highest BCUT2D eigenvalue weighted by Gasteiger charge is 2.14. The Kier molecular flexibility index (Phi) is 5.16. The van der Waals surface area contributed by atoms with Gasteiger partial charge in [-0.05, 0) is 29.0 Å². The van der Waals surface area contributed by atoms with Gasteiger partial charge in [-0.15, -0.1) is 0 Å². The fourth-order valence-electron chi connectivity index (χ4n) is 3.13. The zero-order valence-electron chi connectivity index (χ0n) is 16.1. The molecule has 0 spiro atoms. The second-order valence-corrected chi connectivity index (χ2v) is 6.49. The van der Waals surface area contributed by atoms with Crippen LogP contribution in [0.4, 0.5) is 0 Å². The number of nitrogens with zero attached hydrogens (tertiary/aromatic N) is 1. The Morgan fingerprint density at radius 3 is 2.59 bits per heavy atom. The number of methoxy groups -OCH3 is 2. The van der Waals surface area contributed by atoms with E-state index in [9.17, 15) is 4.79 Å². The summed E-state index contributed by atoms with van der Waals surface area (Å²) in [7, 11) is 3.07. The molecule has 146 valence electrons. The van der Waals surface area contributed by atoms with Crippen molar-refractivity contribution < 1.29 is 18.8 Å². The van der Waals surface area contributed by atoms with E-state index in [0.717, 1.165) is 16.3 Å². The van der Waals surface area contributed by atoms with Crippen molar-refractivity contribution in [3.8, 4) is 22.8 Å². The van der Waals surface area contributed by atoms with Gasteiger partial charge in [0.05, 0.1) is 26.3 Å². The number of hydrogen-bond donors (Lipinski definition) is 1. The van der Waals surface area contributed by atoms with E-state index in [2.05, 4.69) is 28.7 Å². The maximum absolute atomic E-state index is 12.5. The summed E-state index contributed by atoms with van der Waals surface area (Å²) < 4.78 is 15.9. The largest absolute Gasteiger partial charge is 0.497 e. The number of aromatic nitrogens is 1. The lowest BCUT2D eigenvalue weighted by Gasteiger charge is -2.10. The molecule has 0 atom stereocenters. The Morgan fingerprint density at radius 2 is 1.79 bits per heavy atom. The van der Waals surface area contributed by atoms with Gasteiger partial charge in [0.25, 0.3) is 5.91 Å². The first-order chi connectivity index (χ1) is 14.2. The second-order valence-electron chi connectivity index (χ2n) is 6.49. The third-order valence-corrected chi connectivity index (χ3v) is 4.68. The van der Waals surface area contributed by atoms with Crippen molar-refractivity contribution in [3.63, 3.8) is 0 Å². The Morgan fingerprint density at radius 1 is 0.966 bits per heavy atom. The average molecular weight is 388 g/mol. The molecule has 0 bridgehead atoms. The van der Waals surface area contributed by atoms with E-state index in [1.807, 2.05) is 30.3 Å². The van der Waals surface area contributed by atoms with E-state index in [1.54, 1.807) is 25.3 Å². The fraction of sp³-hybridized carbons (Fsp3) is 0.130. The minimum atomic E-state index is -0.264. The molecule has 0 aliphatic rings. The number of ether oxygens (including phenoxy) is 2. The van der Waals surface area contributed by atoms with Crippen LogP contribution in [-0.2, 0) is 6.54 Å². The molecule has 1 aromatic heterocycles. The molecule has 29 heavy (non-hydrogen) atoms. The lowest BCUT2D eigenvalue weighted by molar-refractivity contribution is 0.0947. The minimum absolute atomic E-state index is 0.241. The summed E-state index contributed by atoms with van der Waals surface area (Å²) in [4.78, 5) is 12.5. The van der Waals surface area contributed by atoms with Gasteiger partial charge < -0.3 is 19.3 Å². The lowest BCUT2D eigenvalue weighted by atomic mass is 10.1. The number of benzene rings is 3. The maximum atomic E-state index is 12.5. The Bertz CT molecular complexity index is 1170. The van der Waals surface area contributed by atoms with Crippen LogP contribution in [-0.4, -0.2) is 25.3 Å². The maximum Gasteiger partial charge on any atom is 0.255 e. The Hall–Kier alpha value is -3.80. The molecule has 6 nitrogen and oxygen atoms in total. The molecular formula is C23H20N2O4. The number of fused-ring (bicyclic) bond motifs is 1. The molecule has 1 N–H and O–H groups in total. The number of amides is 1. The highest BCUT2D eigenvalue weighted by molar-refractivity contribution is 5.97. The van der Waals surface area contributed by atoms with E-state index in [4.69, 9.17) is 14.0 Å². The summed E-state index contributed by atoms with van der Waals surface area (Å²) >= 11 is 0. The zero-order chi connectivity index (χ0) is 20.2. The first kappa shape index (κ1) is 18.6. The number of nitrogens with one attached hydrogen (secondary N) is 1. The molecule has 6 heteroatoms. The molecule has 4 rings (SSSR count). The van der Waals surface area contributed by atoms with Crippen molar-refractivity contribution in [2.75, 3.05) is 14.2 Å². The van der Waals surface area contributed by atoms with Crippen LogP contribution >= 0.6 is 0 Å². The molecule has 1 heterocycles. The van der Waals surface area contributed by atoms with Gasteiger partial charge in [-0.2, -0.15) is 0 Å². The van der Waals surface area contributed by atoms with E-state index >= 15 is 0 Å². The monoisotopic (exact) mass is 388 g/mol. The van der Waals surface area contributed by atoms with Crippen LogP contribution in [0.1, 0.15) is 16.1 Å². The van der Waals surface area contributed by atoms with E-state index < -0.39 is 0 Å². The molecule has 0 radical (unpaired) electrons. The van der Waals surface area contributed by atoms with Gasteiger partial charge in [-0.3, -0.25) is 4.79 Å². The number of carbonyl (C=O) groups is 1. The van der Waals surface area contributed by atoms with Crippen LogP contribution in [0, 0.1) is 0 Å². The normalized spacial score (nSPS) is 10.7. The first-order valence-corrected chi connectivity index (χ1v) is 9.13. The van der Waals surface area contributed by atoms with Crippen molar-refractivity contribution in [1.82, 2.24) is 10.5 Å². The summed E-state index contributed by atoms with van der Waals surface area (Å²) in [5, 5.41) is 9.20. The summed E-state index contributed by atoms with van der Waals surface area (Å²) in [5.74, 6) is 1.45. The van der Waals surface area contributed by atoms with Gasteiger partial charge in [-0.1, -0.05) is 41.6 Å². The molecule has 0 saturated carbocycles. The van der Waals surface area contributed by atoms with Gasteiger partial charge >= 0.3 is 0 Å². The zero-order valence-corrected chi connectivity index (χ0v) is 16.1. The minimum Gasteiger partial charge on any atom is -0.497 e. The Labute approximate surface area is 168 Å². The molecule has 0 aliphatic carbocycles. The van der Waals surface area contributed by atoms with Gasteiger partial charge in [0.1, 0.15) is 17.2 Å². The van der Waals surface area contributed by atoms with Crippen molar-refractivity contribution in [2.24, 2.45) is 0 Å². The highest BCUT2D eigenvalue weighted by atomic mass is 16.5. The summed E-state index contributed by atoms with van der Waals surface area (Å²) in [6.07, 6.45) is 0. The molecular weight excluding hydrogens is 368 g/mol. The Balaban J connectivity index is 1.47. The van der Waals surface area contributed by atoms with Crippen molar-refractivity contribution in [3.05, 3.63) is 78.0 Å². The van der Waals surface area contributed by atoms with Crippen LogP contribution in [0.15, 0.2) is 71.3 Å². The van der Waals surface area contributed by atoms with E-state index in [0.29, 0.717) is 28.5 Å². The molecule has 0 aliphatic heterocycles. The molecule has 3 aromatic carbocycles. The fourth-order valence-corrected chi connectivity index (χ4v) is 3.13. The SMILES string of the molecule is COc1ccc(C(=O)NCc2cc(-c3ccc4ccccc4c3)on2)c(OC)c1. The standard InChI is InChI=1S/C23H20N2O4/c1-27-19-9-10-20(22(13-19)28-2)23(26)24-14-18-12-21(29-25-18)17-8-7-15-5-3-4-6-16(15)11-17/h3-13H,14H2,1-2H3,(H,24,26). The van der Waals surface area contributed by atoms with Gasteiger partial charge in [0, 0.05) is 17.7 Å². The molecule has 0 fully saturated rings. The van der Waals surface area contributed by atoms with Crippen LogP contribution in [0.25, 0.3) is 22.1 Å². The average Bonchev–Trinajstić information content (AvgIpc) is 3.25. The predicted molar refractivity (Wildman–Crippen MR) is 110 cm³/mol. The quantitative estimate of drug-likeness (QED) is 0.529. The predicted octanol–water partition coefficient (Wildman–Crippen LogP) is 4.44. The van der Waals surface area contributed by atoms with Crippen LogP contribution < -0.4 is 14.8 Å². The molecule has 0 saturated heterocycles. The van der Waals surface area contributed by atoms with Crippen molar-refractivity contribution >= 4 is 16.7 Å². The highest BCUT2D eigenvalue weighted by Crippen LogP contribution is 2.26. The number of carbonyl (C=O) groups excluding carboxylic acids is 1. The third-order valence-electron chi connectivity index (χ3n) is 4.68. The second kappa shape index (κ2) is 8.06. The first-order valence-electron chi connectivity index (χ1n) is 9.13. The number of hydrogen-bond acceptors (Lipinski definition) is 5. The number of rotatable bonds is 6. The topological polar surface area (TPSA) is 73.6 Å². The van der Waals surface area contributed by atoms with Gasteiger partial charge in [-0.25, -0.2) is 0 Å². The summed E-state index contributed by atoms with van der Waals surface area (Å²) in [6.45, 7) is 0.241. The van der Waals surface area contributed by atoms with Crippen LogP contribution in [0.3, 0.4) is 0 Å². The third kappa shape index (κ3) is 3.91. The van der Waals surface area contributed by atoms with Gasteiger partial charge in [0.2, 0.25) is 0 Å². The molecule has 0 unspecified atom stereocenters. The van der Waals surface area contributed by atoms with Crippen LogP contribution in [0.2, 0.25) is 0 Å².